The van der Waals surface area contributed by atoms with E-state index in [-0.39, 0.29) is 6.61 Å². The van der Waals surface area contributed by atoms with Crippen molar-refractivity contribution in [2.45, 2.75) is 19.4 Å². The van der Waals surface area contributed by atoms with Crippen LogP contribution in [0.15, 0.2) is 34.9 Å². The zero-order valence-electron chi connectivity index (χ0n) is 13.3. The molecule has 6 nitrogen and oxygen atoms in total. The Morgan fingerprint density at radius 1 is 1.33 bits per heavy atom. The van der Waals surface area contributed by atoms with E-state index in [0.29, 0.717) is 28.9 Å². The van der Waals surface area contributed by atoms with Crippen molar-refractivity contribution in [1.29, 1.82) is 0 Å². The Morgan fingerprint density at radius 3 is 2.83 bits per heavy atom. The lowest BCUT2D eigenvalue weighted by molar-refractivity contribution is 0.125. The van der Waals surface area contributed by atoms with E-state index in [1.807, 2.05) is 12.1 Å². The molecule has 1 aliphatic heterocycles. The third-order valence-electron chi connectivity index (χ3n) is 4.04. The van der Waals surface area contributed by atoms with Gasteiger partial charge in [0.1, 0.15) is 5.69 Å². The van der Waals surface area contributed by atoms with Gasteiger partial charge in [0.15, 0.2) is 12.4 Å². The van der Waals surface area contributed by atoms with Crippen molar-refractivity contribution in [2.75, 3.05) is 19.6 Å². The molecule has 0 unspecified atom stereocenters. The van der Waals surface area contributed by atoms with Crippen LogP contribution in [-0.4, -0.2) is 30.9 Å². The highest BCUT2D eigenvalue weighted by molar-refractivity contribution is 6.30. The molecule has 24 heavy (non-hydrogen) atoms. The number of piperidine rings is 1. The Kier molecular flexibility index (Phi) is 5.72. The topological polar surface area (TPSA) is 76.4 Å². The van der Waals surface area contributed by atoms with Gasteiger partial charge in [-0.1, -0.05) is 28.9 Å². The zero-order valence-corrected chi connectivity index (χ0v) is 14.0. The number of alkyl carbamates (subject to hydrolysis) is 1. The molecule has 2 N–H and O–H groups in total. The molecule has 7 heteroatoms. The molecule has 1 amide bonds. The van der Waals surface area contributed by atoms with Crippen molar-refractivity contribution in [2.24, 2.45) is 5.92 Å². The summed E-state index contributed by atoms with van der Waals surface area (Å²) in [5, 5.41) is 10.7. The monoisotopic (exact) mass is 349 g/mol. The van der Waals surface area contributed by atoms with Gasteiger partial charge >= 0.3 is 6.09 Å². The van der Waals surface area contributed by atoms with Crippen LogP contribution in [0, 0.1) is 5.92 Å². The van der Waals surface area contributed by atoms with E-state index >= 15 is 0 Å². The summed E-state index contributed by atoms with van der Waals surface area (Å²) in [6.07, 6.45) is 1.72. The SMILES string of the molecule is O=C(NCC1CCNCC1)OCc1cc(-c2ccc(Cl)cc2)no1. The highest BCUT2D eigenvalue weighted by Crippen LogP contribution is 2.21. The molecule has 0 aliphatic carbocycles. The molecule has 128 valence electrons. The number of rotatable bonds is 5. The molecule has 0 saturated carbocycles. The molecular formula is C17H20ClN3O3. The highest BCUT2D eigenvalue weighted by Gasteiger charge is 2.15. The van der Waals surface area contributed by atoms with Crippen molar-refractivity contribution >= 4 is 17.7 Å². The van der Waals surface area contributed by atoms with E-state index in [2.05, 4.69) is 15.8 Å². The first kappa shape index (κ1) is 16.8. The number of hydrogen-bond acceptors (Lipinski definition) is 5. The summed E-state index contributed by atoms with van der Waals surface area (Å²) in [4.78, 5) is 11.7. The number of hydrogen-bond donors (Lipinski definition) is 2. The van der Waals surface area contributed by atoms with Crippen LogP contribution in [0.5, 0.6) is 0 Å². The van der Waals surface area contributed by atoms with E-state index in [1.54, 1.807) is 18.2 Å². The molecule has 1 aromatic heterocycles. The predicted molar refractivity (Wildman–Crippen MR) is 90.7 cm³/mol. The van der Waals surface area contributed by atoms with Crippen molar-refractivity contribution in [3.8, 4) is 11.3 Å². The van der Waals surface area contributed by atoms with E-state index in [0.717, 1.165) is 31.5 Å². The number of nitrogens with zero attached hydrogens (tertiary/aromatic N) is 1. The van der Waals surface area contributed by atoms with Gasteiger partial charge in [-0.15, -0.1) is 0 Å². The number of ether oxygens (including phenoxy) is 1. The lowest BCUT2D eigenvalue weighted by Crippen LogP contribution is -2.36. The van der Waals surface area contributed by atoms with Gasteiger partial charge in [0.25, 0.3) is 0 Å². The van der Waals surface area contributed by atoms with Crippen LogP contribution in [-0.2, 0) is 11.3 Å². The van der Waals surface area contributed by atoms with Crippen LogP contribution >= 0.6 is 11.6 Å². The fourth-order valence-corrected chi connectivity index (χ4v) is 2.76. The minimum atomic E-state index is -0.432. The Bertz CT molecular complexity index is 666. The summed E-state index contributed by atoms with van der Waals surface area (Å²) in [6, 6.07) is 9.04. The molecule has 1 aliphatic rings. The summed E-state index contributed by atoms with van der Waals surface area (Å²) in [5.74, 6) is 1.01. The van der Waals surface area contributed by atoms with Crippen LogP contribution < -0.4 is 10.6 Å². The number of amides is 1. The van der Waals surface area contributed by atoms with Gasteiger partial charge in [0.05, 0.1) is 0 Å². The summed E-state index contributed by atoms with van der Waals surface area (Å²) in [7, 11) is 0. The molecule has 2 heterocycles. The number of halogens is 1. The highest BCUT2D eigenvalue weighted by atomic mass is 35.5. The molecule has 3 rings (SSSR count). The van der Waals surface area contributed by atoms with Gasteiger partial charge in [-0.05, 0) is 44.0 Å². The molecular weight excluding hydrogens is 330 g/mol. The number of aromatic nitrogens is 1. The van der Waals surface area contributed by atoms with Gasteiger partial charge in [-0.2, -0.15) is 0 Å². The maximum atomic E-state index is 11.7. The zero-order chi connectivity index (χ0) is 16.8. The van der Waals surface area contributed by atoms with Crippen LogP contribution in [0.25, 0.3) is 11.3 Å². The molecule has 0 bridgehead atoms. The average molecular weight is 350 g/mol. The maximum absolute atomic E-state index is 11.7. The van der Waals surface area contributed by atoms with E-state index in [1.165, 1.54) is 0 Å². The second-order valence-corrected chi connectivity index (χ2v) is 6.27. The second-order valence-electron chi connectivity index (χ2n) is 5.84. The summed E-state index contributed by atoms with van der Waals surface area (Å²) < 4.78 is 10.4. The van der Waals surface area contributed by atoms with Gasteiger partial charge in [-0.3, -0.25) is 0 Å². The smallest absolute Gasteiger partial charge is 0.407 e. The van der Waals surface area contributed by atoms with Gasteiger partial charge in [0.2, 0.25) is 0 Å². The second kappa shape index (κ2) is 8.17. The Hall–Kier alpha value is -2.05. The molecule has 1 aromatic carbocycles. The molecule has 0 spiro atoms. The van der Waals surface area contributed by atoms with E-state index in [4.69, 9.17) is 20.9 Å². The fourth-order valence-electron chi connectivity index (χ4n) is 2.64. The first-order valence-electron chi connectivity index (χ1n) is 8.03. The Labute approximate surface area is 145 Å². The van der Waals surface area contributed by atoms with Crippen LogP contribution in [0.3, 0.4) is 0 Å². The first-order chi connectivity index (χ1) is 11.7. The van der Waals surface area contributed by atoms with Gasteiger partial charge in [-0.25, -0.2) is 4.79 Å². The number of benzene rings is 1. The van der Waals surface area contributed by atoms with E-state index in [9.17, 15) is 4.79 Å². The minimum absolute atomic E-state index is 0.0542. The normalized spacial score (nSPS) is 15.2. The lowest BCUT2D eigenvalue weighted by Gasteiger charge is -2.22. The standard InChI is InChI=1S/C17H20ClN3O3/c18-14-3-1-13(2-4-14)16-9-15(24-21-16)11-23-17(22)20-10-12-5-7-19-8-6-12/h1-4,9,12,19H,5-8,10-11H2,(H,20,22). The lowest BCUT2D eigenvalue weighted by atomic mass is 9.98. The number of nitrogens with one attached hydrogen (secondary N) is 2. The van der Waals surface area contributed by atoms with Crippen LogP contribution in [0.2, 0.25) is 5.02 Å². The maximum Gasteiger partial charge on any atom is 0.407 e. The summed E-state index contributed by atoms with van der Waals surface area (Å²) >= 11 is 5.86. The predicted octanol–water partition coefficient (Wildman–Crippen LogP) is 3.22. The van der Waals surface area contributed by atoms with Crippen LogP contribution in [0.1, 0.15) is 18.6 Å². The van der Waals surface area contributed by atoms with Crippen LogP contribution in [0.4, 0.5) is 4.79 Å². The first-order valence-corrected chi connectivity index (χ1v) is 8.41. The quantitative estimate of drug-likeness (QED) is 0.866. The molecule has 1 fully saturated rings. The van der Waals surface area contributed by atoms with Crippen molar-refractivity contribution in [3.63, 3.8) is 0 Å². The average Bonchev–Trinajstić information content (AvgIpc) is 3.09. The Balaban J connectivity index is 1.44. The number of carbonyl (C=O) groups is 1. The van der Waals surface area contributed by atoms with E-state index < -0.39 is 6.09 Å². The minimum Gasteiger partial charge on any atom is -0.441 e. The third kappa shape index (κ3) is 4.72. The molecule has 2 aromatic rings. The van der Waals surface area contributed by atoms with Crippen molar-refractivity contribution in [1.82, 2.24) is 15.8 Å². The Morgan fingerprint density at radius 2 is 2.08 bits per heavy atom. The van der Waals surface area contributed by atoms with Crippen molar-refractivity contribution < 1.29 is 14.1 Å². The largest absolute Gasteiger partial charge is 0.441 e. The number of carbonyl (C=O) groups excluding carboxylic acids is 1. The fraction of sp³-hybridized carbons (Fsp3) is 0.412. The van der Waals surface area contributed by atoms with Gasteiger partial charge < -0.3 is 19.9 Å². The third-order valence-corrected chi connectivity index (χ3v) is 4.29. The summed E-state index contributed by atoms with van der Waals surface area (Å²) in [6.45, 7) is 2.71. The molecule has 0 atom stereocenters. The molecule has 0 radical (unpaired) electrons. The molecule has 1 saturated heterocycles. The van der Waals surface area contributed by atoms with Crippen molar-refractivity contribution in [3.05, 3.63) is 41.1 Å². The van der Waals surface area contributed by atoms with Gasteiger partial charge in [0, 0.05) is 23.2 Å². The summed E-state index contributed by atoms with van der Waals surface area (Å²) in [5.41, 5.74) is 1.57.